The third-order valence-electron chi connectivity index (χ3n) is 7.47. The number of aromatic nitrogens is 5. The van der Waals surface area contributed by atoms with Gasteiger partial charge in [-0.05, 0) is 49.5 Å². The number of phosphoric acid groups is 1. The lowest BCUT2D eigenvalue weighted by Gasteiger charge is -2.33. The summed E-state index contributed by atoms with van der Waals surface area (Å²) in [6.07, 6.45) is -2.01. The zero-order valence-corrected chi connectivity index (χ0v) is 24.4. The predicted molar refractivity (Wildman–Crippen MR) is 158 cm³/mol. The van der Waals surface area contributed by atoms with Crippen LogP contribution in [0.3, 0.4) is 0 Å². The largest absolute Gasteiger partial charge is 0.471 e. The van der Waals surface area contributed by atoms with Crippen LogP contribution in [0.1, 0.15) is 5.56 Å². The summed E-state index contributed by atoms with van der Waals surface area (Å²) in [4.78, 5) is 63.4. The number of alkyl halides is 3. The predicted octanol–water partition coefficient (Wildman–Crippen LogP) is 3.00. The van der Waals surface area contributed by atoms with Crippen molar-refractivity contribution in [3.8, 4) is 16.9 Å². The fourth-order valence-corrected chi connectivity index (χ4v) is 5.38. The van der Waals surface area contributed by atoms with Crippen molar-refractivity contribution in [2.45, 2.75) is 12.9 Å². The number of rotatable bonds is 6. The normalized spacial score (nSPS) is 14.8. The Balaban J connectivity index is 1.56. The number of benzene rings is 1. The molecule has 0 saturated carbocycles. The molecule has 4 aromatic heterocycles. The van der Waals surface area contributed by atoms with Crippen LogP contribution in [-0.2, 0) is 22.0 Å². The monoisotopic (exact) mass is 643 g/mol. The number of fused-ring (bicyclic) bond motifs is 3. The highest BCUT2D eigenvalue weighted by molar-refractivity contribution is 7.46. The fourth-order valence-electron chi connectivity index (χ4n) is 5.11. The topological polar surface area (TPSA) is 156 Å². The molecule has 0 unspecified atom stereocenters. The van der Waals surface area contributed by atoms with Crippen LogP contribution in [0.15, 0.2) is 70.5 Å². The average Bonchev–Trinajstić information content (AvgIpc) is 3.00. The quantitative estimate of drug-likeness (QED) is 0.207. The van der Waals surface area contributed by atoms with E-state index in [1.807, 2.05) is 12.1 Å². The number of halogens is 3. The van der Waals surface area contributed by atoms with Gasteiger partial charge in [0.15, 0.2) is 0 Å². The molecule has 234 valence electrons. The van der Waals surface area contributed by atoms with Gasteiger partial charge in [0.2, 0.25) is 0 Å². The molecule has 0 amide bonds. The molecular weight excluding hydrogens is 618 g/mol. The van der Waals surface area contributed by atoms with Crippen LogP contribution in [0.4, 0.5) is 19.0 Å². The van der Waals surface area contributed by atoms with Crippen LogP contribution >= 0.6 is 7.82 Å². The summed E-state index contributed by atoms with van der Waals surface area (Å²) in [7, 11) is -3.09. The molecule has 0 radical (unpaired) electrons. The van der Waals surface area contributed by atoms with Gasteiger partial charge in [0.05, 0.1) is 33.4 Å². The van der Waals surface area contributed by atoms with Gasteiger partial charge in [-0.1, -0.05) is 6.07 Å². The van der Waals surface area contributed by atoms with Crippen LogP contribution < -0.4 is 16.1 Å². The van der Waals surface area contributed by atoms with Crippen LogP contribution in [0.5, 0.6) is 0 Å². The first-order valence-electron chi connectivity index (χ1n) is 13.5. The minimum Gasteiger partial charge on any atom is -0.354 e. The molecule has 2 N–H and O–H groups in total. The van der Waals surface area contributed by atoms with E-state index in [0.717, 1.165) is 61.0 Å². The Morgan fingerprint density at radius 3 is 2.40 bits per heavy atom. The van der Waals surface area contributed by atoms with Crippen molar-refractivity contribution in [2.75, 3.05) is 38.1 Å². The molecule has 0 aliphatic carbocycles. The third-order valence-corrected chi connectivity index (χ3v) is 7.92. The van der Waals surface area contributed by atoms with E-state index in [2.05, 4.69) is 36.3 Å². The number of pyridine rings is 3. The van der Waals surface area contributed by atoms with E-state index in [0.29, 0.717) is 15.8 Å². The number of hydrogen-bond donors (Lipinski definition) is 2. The fraction of sp³-hybridized carbons (Fsp3) is 0.250. The SMILES string of the molecule is CN1CCN(c2ccc(-c3ccc4ncc5c(=O)n(COP(=O)(O)O)c(=O)n(-c6cccc(C(F)(F)F)c6)c5c4n3)cn2)CC1. The molecule has 5 heterocycles. The molecule has 45 heavy (non-hydrogen) atoms. The summed E-state index contributed by atoms with van der Waals surface area (Å²) in [5.41, 5.74) is -2.48. The van der Waals surface area contributed by atoms with Crippen LogP contribution in [0, 0.1) is 0 Å². The van der Waals surface area contributed by atoms with Crippen molar-refractivity contribution < 1.29 is 32.0 Å². The summed E-state index contributed by atoms with van der Waals surface area (Å²) in [6, 6.07) is 10.8. The molecule has 0 bridgehead atoms. The van der Waals surface area contributed by atoms with E-state index in [1.54, 1.807) is 18.3 Å². The second-order valence-corrected chi connectivity index (χ2v) is 11.7. The lowest BCUT2D eigenvalue weighted by atomic mass is 10.1. The first kappa shape index (κ1) is 30.6. The number of likely N-dealkylation sites (N-methyl/N-ethyl adjacent to an activating group) is 1. The standard InChI is InChI=1S/C28H25F3N7O6P/c1-35-9-11-36(12-10-35)23-8-5-17(14-33-23)21-6-7-22-24(34-21)25-20(15-32-22)26(39)37(16-44-45(41,42)43)27(40)38(25)19-4-2-3-18(13-19)28(29,30)31/h2-8,13-15H,9-12,16H2,1H3,(H2,41,42,43). The first-order valence-corrected chi connectivity index (χ1v) is 15.1. The van der Waals surface area contributed by atoms with Gasteiger partial charge in [0, 0.05) is 44.1 Å². The van der Waals surface area contributed by atoms with E-state index < -0.39 is 37.5 Å². The zero-order valence-electron chi connectivity index (χ0n) is 23.5. The van der Waals surface area contributed by atoms with Gasteiger partial charge < -0.3 is 19.6 Å². The van der Waals surface area contributed by atoms with Gasteiger partial charge in [-0.25, -0.2) is 23.9 Å². The number of nitrogens with zero attached hydrogens (tertiary/aromatic N) is 7. The van der Waals surface area contributed by atoms with Crippen molar-refractivity contribution in [3.63, 3.8) is 0 Å². The number of phosphoric ester groups is 1. The minimum absolute atomic E-state index is 0.0304. The van der Waals surface area contributed by atoms with E-state index in [4.69, 9.17) is 0 Å². The summed E-state index contributed by atoms with van der Waals surface area (Å²) >= 11 is 0. The Morgan fingerprint density at radius 2 is 1.73 bits per heavy atom. The van der Waals surface area contributed by atoms with Gasteiger partial charge in [-0.15, -0.1) is 0 Å². The molecular formula is C28H25F3N7O6P. The Hall–Kier alpha value is -4.47. The highest BCUT2D eigenvalue weighted by atomic mass is 31.2. The maximum atomic E-state index is 13.7. The molecule has 1 fully saturated rings. The molecule has 6 rings (SSSR count). The second-order valence-electron chi connectivity index (χ2n) is 10.4. The molecule has 13 nitrogen and oxygen atoms in total. The van der Waals surface area contributed by atoms with Gasteiger partial charge >= 0.3 is 19.7 Å². The molecule has 0 atom stereocenters. The molecule has 1 aliphatic heterocycles. The molecule has 17 heteroatoms. The summed E-state index contributed by atoms with van der Waals surface area (Å²) in [6.45, 7) is 2.26. The molecule has 1 aliphatic rings. The molecule has 1 saturated heterocycles. The average molecular weight is 644 g/mol. The van der Waals surface area contributed by atoms with Crippen LogP contribution in [0.25, 0.3) is 38.9 Å². The lowest BCUT2D eigenvalue weighted by Crippen LogP contribution is -2.44. The smallest absolute Gasteiger partial charge is 0.354 e. The summed E-state index contributed by atoms with van der Waals surface area (Å²) in [5.74, 6) is 0.788. The maximum Gasteiger partial charge on any atom is 0.471 e. The summed E-state index contributed by atoms with van der Waals surface area (Å²) in [5, 5.41) is -0.248. The van der Waals surface area contributed by atoms with Crippen LogP contribution in [0.2, 0.25) is 0 Å². The Bertz CT molecular complexity index is 2090. The number of anilines is 1. The van der Waals surface area contributed by atoms with Crippen molar-refractivity contribution in [1.82, 2.24) is 29.0 Å². The van der Waals surface area contributed by atoms with Gasteiger partial charge in [-0.3, -0.25) is 18.9 Å². The number of hydrogen-bond acceptors (Lipinski definition) is 9. The van der Waals surface area contributed by atoms with E-state index in [-0.39, 0.29) is 27.6 Å². The highest BCUT2D eigenvalue weighted by Crippen LogP contribution is 2.36. The first-order chi connectivity index (χ1) is 21.3. The second kappa shape index (κ2) is 11.5. The Labute approximate surface area is 252 Å². The van der Waals surface area contributed by atoms with Crippen molar-refractivity contribution in [1.29, 1.82) is 0 Å². The molecule has 5 aromatic rings. The van der Waals surface area contributed by atoms with Crippen molar-refractivity contribution in [2.24, 2.45) is 0 Å². The zero-order chi connectivity index (χ0) is 32.1. The summed E-state index contributed by atoms with van der Waals surface area (Å²) < 4.78 is 58.0. The number of piperazine rings is 1. The lowest BCUT2D eigenvalue weighted by molar-refractivity contribution is -0.137. The van der Waals surface area contributed by atoms with E-state index >= 15 is 0 Å². The maximum absolute atomic E-state index is 13.7. The van der Waals surface area contributed by atoms with Gasteiger partial charge in [0.1, 0.15) is 18.1 Å². The third kappa shape index (κ3) is 6.10. The highest BCUT2D eigenvalue weighted by Gasteiger charge is 2.31. The van der Waals surface area contributed by atoms with Gasteiger partial charge in [0.25, 0.3) is 5.56 Å². The minimum atomic E-state index is -5.14. The van der Waals surface area contributed by atoms with E-state index in [1.165, 1.54) is 6.07 Å². The Kier molecular flexibility index (Phi) is 7.79. The van der Waals surface area contributed by atoms with Crippen LogP contribution in [-0.4, -0.2) is 72.0 Å². The van der Waals surface area contributed by atoms with Gasteiger partial charge in [-0.2, -0.15) is 13.2 Å². The van der Waals surface area contributed by atoms with E-state index in [9.17, 15) is 37.1 Å². The Morgan fingerprint density at radius 1 is 0.978 bits per heavy atom. The molecule has 0 spiro atoms. The van der Waals surface area contributed by atoms with Crippen molar-refractivity contribution >= 4 is 35.6 Å². The molecule has 1 aromatic carbocycles. The van der Waals surface area contributed by atoms with Crippen molar-refractivity contribution in [3.05, 3.63) is 87.3 Å².